The van der Waals surface area contributed by atoms with Gasteiger partial charge in [-0.15, -0.1) is 0 Å². The van der Waals surface area contributed by atoms with Gasteiger partial charge in [0, 0.05) is 17.5 Å². The number of para-hydroxylation sites is 1. The van der Waals surface area contributed by atoms with Gasteiger partial charge in [-0.1, -0.05) is 48.5 Å². The molecule has 0 spiro atoms. The minimum atomic E-state index is -0.775. The Morgan fingerprint density at radius 1 is 1.05 bits per heavy atom. The lowest BCUT2D eigenvalue weighted by Gasteiger charge is -2.46. The minimum absolute atomic E-state index is 0.0195. The van der Waals surface area contributed by atoms with Crippen LogP contribution in [0.25, 0.3) is 0 Å². The van der Waals surface area contributed by atoms with Gasteiger partial charge in [-0.25, -0.2) is 4.79 Å². The molecular weight excluding hydrogens is 252 g/mol. The Hall–Kier alpha value is -2.49. The molecule has 100 valence electrons. The van der Waals surface area contributed by atoms with Crippen molar-refractivity contribution in [2.45, 2.75) is 18.2 Å². The predicted molar refractivity (Wildman–Crippen MR) is 74.2 cm³/mol. The van der Waals surface area contributed by atoms with Gasteiger partial charge < -0.3 is 10.1 Å². The van der Waals surface area contributed by atoms with Crippen molar-refractivity contribution in [3.8, 4) is 5.75 Å². The van der Waals surface area contributed by atoms with Gasteiger partial charge in [0.25, 0.3) is 0 Å². The van der Waals surface area contributed by atoms with Crippen molar-refractivity contribution in [1.29, 1.82) is 0 Å². The second-order valence-electron chi connectivity index (χ2n) is 5.19. The molecule has 0 aliphatic carbocycles. The van der Waals surface area contributed by atoms with Crippen LogP contribution in [-0.4, -0.2) is 6.03 Å². The van der Waals surface area contributed by atoms with E-state index in [0.29, 0.717) is 6.42 Å². The largest absolute Gasteiger partial charge is 0.463 e. The number of hydrogen-bond acceptors (Lipinski definition) is 2. The minimum Gasteiger partial charge on any atom is -0.463 e. The van der Waals surface area contributed by atoms with Gasteiger partial charge >= 0.3 is 6.03 Å². The van der Waals surface area contributed by atoms with Crippen LogP contribution in [-0.2, 0) is 5.72 Å². The number of ether oxygens (including phenoxy) is 1. The molecule has 2 aliphatic heterocycles. The lowest BCUT2D eigenvalue weighted by Crippen LogP contribution is -2.62. The predicted octanol–water partition coefficient (Wildman–Crippen LogP) is 2.68. The Kier molecular flexibility index (Phi) is 2.27. The van der Waals surface area contributed by atoms with Crippen LogP contribution in [0, 0.1) is 0 Å². The molecule has 2 aromatic carbocycles. The van der Waals surface area contributed by atoms with E-state index in [0.717, 1.165) is 16.9 Å². The van der Waals surface area contributed by atoms with Gasteiger partial charge in [0.05, 0.1) is 6.04 Å². The zero-order valence-electron chi connectivity index (χ0n) is 10.8. The highest BCUT2D eigenvalue weighted by Crippen LogP contribution is 2.44. The van der Waals surface area contributed by atoms with E-state index < -0.39 is 5.72 Å². The van der Waals surface area contributed by atoms with Gasteiger partial charge in [0.2, 0.25) is 5.72 Å². The number of rotatable bonds is 1. The van der Waals surface area contributed by atoms with Crippen LogP contribution in [0.3, 0.4) is 0 Å². The molecular formula is C16H14N2O2. The second kappa shape index (κ2) is 4.00. The van der Waals surface area contributed by atoms with Crippen molar-refractivity contribution < 1.29 is 9.53 Å². The van der Waals surface area contributed by atoms with Gasteiger partial charge in [-0.2, -0.15) is 0 Å². The normalized spacial score (nSPS) is 26.8. The molecule has 1 fully saturated rings. The number of carbonyl (C=O) groups is 1. The molecule has 4 rings (SSSR count). The van der Waals surface area contributed by atoms with Crippen LogP contribution >= 0.6 is 0 Å². The molecule has 2 aliphatic rings. The first-order valence-corrected chi connectivity index (χ1v) is 6.69. The number of benzene rings is 2. The van der Waals surface area contributed by atoms with Crippen LogP contribution in [0.1, 0.15) is 23.6 Å². The smallest absolute Gasteiger partial charge is 0.318 e. The Morgan fingerprint density at radius 2 is 1.80 bits per heavy atom. The zero-order valence-corrected chi connectivity index (χ0v) is 10.8. The molecule has 0 aromatic heterocycles. The number of carbonyl (C=O) groups excluding carboxylic acids is 1. The third kappa shape index (κ3) is 1.58. The van der Waals surface area contributed by atoms with E-state index in [1.54, 1.807) is 0 Å². The van der Waals surface area contributed by atoms with E-state index >= 15 is 0 Å². The van der Waals surface area contributed by atoms with Crippen molar-refractivity contribution in [2.75, 3.05) is 0 Å². The molecule has 2 N–H and O–H groups in total. The second-order valence-corrected chi connectivity index (χ2v) is 5.19. The number of hydrogen-bond donors (Lipinski definition) is 2. The van der Waals surface area contributed by atoms with E-state index in [1.165, 1.54) is 0 Å². The van der Waals surface area contributed by atoms with Crippen molar-refractivity contribution in [3.05, 3.63) is 65.7 Å². The molecule has 2 aromatic rings. The van der Waals surface area contributed by atoms with Gasteiger partial charge in [0.1, 0.15) is 5.75 Å². The third-order valence-electron chi connectivity index (χ3n) is 3.93. The summed E-state index contributed by atoms with van der Waals surface area (Å²) in [6, 6.07) is 17.5. The Balaban J connectivity index is 1.87. The van der Waals surface area contributed by atoms with E-state index in [2.05, 4.69) is 10.6 Å². The van der Waals surface area contributed by atoms with Crippen LogP contribution in [0.5, 0.6) is 5.75 Å². The fourth-order valence-corrected chi connectivity index (χ4v) is 3.03. The highest BCUT2D eigenvalue weighted by atomic mass is 16.5. The molecule has 4 nitrogen and oxygen atoms in total. The first kappa shape index (κ1) is 11.3. The molecule has 4 heteroatoms. The maximum absolute atomic E-state index is 12.0. The molecule has 2 atom stereocenters. The quantitative estimate of drug-likeness (QED) is 0.833. The fourth-order valence-electron chi connectivity index (χ4n) is 3.03. The maximum Gasteiger partial charge on any atom is 0.318 e. The summed E-state index contributed by atoms with van der Waals surface area (Å²) in [5.41, 5.74) is 1.23. The number of fused-ring (bicyclic) bond motifs is 4. The summed E-state index contributed by atoms with van der Waals surface area (Å²) < 4.78 is 6.17. The van der Waals surface area contributed by atoms with Gasteiger partial charge in [0.15, 0.2) is 0 Å². The molecule has 0 saturated carbocycles. The highest BCUT2D eigenvalue weighted by Gasteiger charge is 2.47. The average Bonchev–Trinajstić information content (AvgIpc) is 2.48. The molecule has 0 radical (unpaired) electrons. The summed E-state index contributed by atoms with van der Waals surface area (Å²) in [4.78, 5) is 12.0. The maximum atomic E-state index is 12.0. The van der Waals surface area contributed by atoms with Gasteiger partial charge in [-0.3, -0.25) is 5.32 Å². The van der Waals surface area contributed by atoms with Crippen LogP contribution < -0.4 is 15.4 Å². The Morgan fingerprint density at radius 3 is 2.65 bits per heavy atom. The lowest BCUT2D eigenvalue weighted by atomic mass is 9.86. The zero-order chi connectivity index (χ0) is 13.6. The third-order valence-corrected chi connectivity index (χ3v) is 3.93. The SMILES string of the molecule is O=C1NC2CC(c3ccccc3)(N1)Oc1ccccc12. The summed E-state index contributed by atoms with van der Waals surface area (Å²) in [7, 11) is 0. The van der Waals surface area contributed by atoms with Crippen molar-refractivity contribution in [3.63, 3.8) is 0 Å². The number of urea groups is 1. The first-order chi connectivity index (χ1) is 9.77. The van der Waals surface area contributed by atoms with Crippen molar-refractivity contribution >= 4 is 6.03 Å². The Bertz CT molecular complexity index is 671. The molecule has 1 saturated heterocycles. The number of amides is 2. The fraction of sp³-hybridized carbons (Fsp3) is 0.188. The summed E-state index contributed by atoms with van der Waals surface area (Å²) in [5.74, 6) is 0.820. The molecule has 2 unspecified atom stereocenters. The van der Waals surface area contributed by atoms with Crippen LogP contribution in [0.15, 0.2) is 54.6 Å². The van der Waals surface area contributed by atoms with E-state index in [1.807, 2.05) is 54.6 Å². The van der Waals surface area contributed by atoms with Gasteiger partial charge in [-0.05, 0) is 6.07 Å². The molecule has 20 heavy (non-hydrogen) atoms. The molecule has 2 amide bonds. The summed E-state index contributed by atoms with van der Waals surface area (Å²) in [6.07, 6.45) is 0.680. The summed E-state index contributed by atoms with van der Waals surface area (Å²) in [5, 5.41) is 5.91. The standard InChI is InChI=1S/C16H14N2O2/c19-15-17-13-10-16(18-15,11-6-2-1-3-7-11)20-14-9-5-4-8-12(13)14/h1-9,13H,10H2,(H2,17,18,19). The van der Waals surface area contributed by atoms with Crippen LogP contribution in [0.4, 0.5) is 4.79 Å². The molecule has 2 bridgehead atoms. The van der Waals surface area contributed by atoms with Crippen molar-refractivity contribution in [1.82, 2.24) is 10.6 Å². The van der Waals surface area contributed by atoms with Crippen LogP contribution in [0.2, 0.25) is 0 Å². The van der Waals surface area contributed by atoms with Crippen molar-refractivity contribution in [2.24, 2.45) is 0 Å². The lowest BCUT2D eigenvalue weighted by molar-refractivity contribution is -0.00920. The number of nitrogens with one attached hydrogen (secondary N) is 2. The van der Waals surface area contributed by atoms with E-state index in [9.17, 15) is 4.79 Å². The summed E-state index contributed by atoms with van der Waals surface area (Å²) in [6.45, 7) is 0. The molecule has 2 heterocycles. The highest BCUT2D eigenvalue weighted by molar-refractivity contribution is 5.77. The Labute approximate surface area is 116 Å². The summed E-state index contributed by atoms with van der Waals surface area (Å²) >= 11 is 0. The first-order valence-electron chi connectivity index (χ1n) is 6.69. The van der Waals surface area contributed by atoms with E-state index in [4.69, 9.17) is 4.74 Å². The monoisotopic (exact) mass is 266 g/mol. The average molecular weight is 266 g/mol. The van der Waals surface area contributed by atoms with E-state index in [-0.39, 0.29) is 12.1 Å². The topological polar surface area (TPSA) is 50.4 Å².